The van der Waals surface area contributed by atoms with Crippen molar-refractivity contribution in [3.05, 3.63) is 72.4 Å². The standard InChI is InChI=1S/C18H19N7O/c26-18(16-9-15(23-24-16)13-5-2-1-3-6-13)21-10-14-7-4-8-20-17(14)25-12-19-11-22-25/h1-8,11-12,15-16,23-24H,9-10H2,(H,21,26). The fraction of sp³-hybridized carbons (Fsp3) is 0.222. The number of aromatic nitrogens is 4. The van der Waals surface area contributed by atoms with Crippen LogP contribution >= 0.6 is 0 Å². The van der Waals surface area contributed by atoms with Crippen LogP contribution in [0.25, 0.3) is 5.82 Å². The van der Waals surface area contributed by atoms with Gasteiger partial charge in [0.15, 0.2) is 5.82 Å². The number of nitrogens with zero attached hydrogens (tertiary/aromatic N) is 4. The molecule has 132 valence electrons. The number of rotatable bonds is 5. The molecule has 4 rings (SSSR count). The molecule has 1 saturated heterocycles. The van der Waals surface area contributed by atoms with Gasteiger partial charge in [-0.2, -0.15) is 5.10 Å². The average molecular weight is 349 g/mol. The molecular formula is C18H19N7O. The van der Waals surface area contributed by atoms with E-state index in [0.29, 0.717) is 18.8 Å². The number of carbonyl (C=O) groups excluding carboxylic acids is 1. The third-order valence-corrected chi connectivity index (χ3v) is 4.38. The van der Waals surface area contributed by atoms with Crippen LogP contribution in [-0.2, 0) is 11.3 Å². The molecule has 2 aromatic heterocycles. The summed E-state index contributed by atoms with van der Waals surface area (Å²) in [6, 6.07) is 13.7. The number of amides is 1. The molecule has 2 unspecified atom stereocenters. The van der Waals surface area contributed by atoms with Gasteiger partial charge >= 0.3 is 0 Å². The van der Waals surface area contributed by atoms with Gasteiger partial charge in [-0.25, -0.2) is 25.5 Å². The van der Waals surface area contributed by atoms with Crippen molar-refractivity contribution < 1.29 is 4.79 Å². The quantitative estimate of drug-likeness (QED) is 0.633. The lowest BCUT2D eigenvalue weighted by atomic mass is 10.0. The monoisotopic (exact) mass is 349 g/mol. The van der Waals surface area contributed by atoms with E-state index in [0.717, 1.165) is 11.1 Å². The Morgan fingerprint density at radius 2 is 2.08 bits per heavy atom. The van der Waals surface area contributed by atoms with Crippen molar-refractivity contribution in [3.8, 4) is 5.82 Å². The highest BCUT2D eigenvalue weighted by atomic mass is 16.2. The van der Waals surface area contributed by atoms with Crippen molar-refractivity contribution >= 4 is 5.91 Å². The third-order valence-electron chi connectivity index (χ3n) is 4.38. The molecule has 1 aliphatic heterocycles. The van der Waals surface area contributed by atoms with Crippen LogP contribution in [0.3, 0.4) is 0 Å². The molecule has 1 aliphatic rings. The normalized spacial score (nSPS) is 19.4. The van der Waals surface area contributed by atoms with Gasteiger partial charge in [0.25, 0.3) is 0 Å². The van der Waals surface area contributed by atoms with Crippen LogP contribution in [0, 0.1) is 0 Å². The topological polar surface area (TPSA) is 96.8 Å². The van der Waals surface area contributed by atoms with Crippen LogP contribution in [0.15, 0.2) is 61.3 Å². The van der Waals surface area contributed by atoms with Crippen LogP contribution in [0.2, 0.25) is 0 Å². The Kier molecular flexibility index (Phi) is 4.67. The van der Waals surface area contributed by atoms with Gasteiger partial charge in [-0.3, -0.25) is 4.79 Å². The molecular weight excluding hydrogens is 330 g/mol. The highest BCUT2D eigenvalue weighted by molar-refractivity contribution is 5.82. The second-order valence-corrected chi connectivity index (χ2v) is 6.08. The first-order valence-electron chi connectivity index (χ1n) is 8.44. The third kappa shape index (κ3) is 3.46. The summed E-state index contributed by atoms with van der Waals surface area (Å²) in [6.07, 6.45) is 5.42. The molecule has 8 nitrogen and oxygen atoms in total. The maximum absolute atomic E-state index is 12.5. The molecule has 1 amide bonds. The number of hydrazine groups is 1. The van der Waals surface area contributed by atoms with E-state index >= 15 is 0 Å². The van der Waals surface area contributed by atoms with E-state index in [1.165, 1.54) is 6.33 Å². The van der Waals surface area contributed by atoms with Crippen molar-refractivity contribution in [1.82, 2.24) is 35.9 Å². The molecule has 3 N–H and O–H groups in total. The average Bonchev–Trinajstić information content (AvgIpc) is 3.39. The number of carbonyl (C=O) groups is 1. The van der Waals surface area contributed by atoms with Crippen molar-refractivity contribution in [1.29, 1.82) is 0 Å². The molecule has 2 atom stereocenters. The van der Waals surface area contributed by atoms with E-state index in [1.807, 2.05) is 30.3 Å². The van der Waals surface area contributed by atoms with Crippen molar-refractivity contribution in [2.45, 2.75) is 25.0 Å². The summed E-state index contributed by atoms with van der Waals surface area (Å²) in [5.41, 5.74) is 8.30. The van der Waals surface area contributed by atoms with Crippen molar-refractivity contribution in [2.75, 3.05) is 0 Å². The fourth-order valence-corrected chi connectivity index (χ4v) is 3.03. The molecule has 8 heteroatoms. The predicted molar refractivity (Wildman–Crippen MR) is 94.9 cm³/mol. The second-order valence-electron chi connectivity index (χ2n) is 6.08. The highest BCUT2D eigenvalue weighted by Gasteiger charge is 2.29. The smallest absolute Gasteiger partial charge is 0.238 e. The van der Waals surface area contributed by atoms with Crippen LogP contribution < -0.4 is 16.2 Å². The number of hydrogen-bond acceptors (Lipinski definition) is 6. The van der Waals surface area contributed by atoms with Crippen LogP contribution in [0.1, 0.15) is 23.6 Å². The zero-order valence-corrected chi connectivity index (χ0v) is 14.0. The summed E-state index contributed by atoms with van der Waals surface area (Å²) in [7, 11) is 0. The van der Waals surface area contributed by atoms with Gasteiger partial charge in [0.05, 0.1) is 0 Å². The predicted octanol–water partition coefficient (Wildman–Crippen LogP) is 0.886. The number of benzene rings is 1. The minimum atomic E-state index is -0.285. The summed E-state index contributed by atoms with van der Waals surface area (Å²) < 4.78 is 1.59. The molecule has 0 radical (unpaired) electrons. The molecule has 3 aromatic rings. The highest BCUT2D eigenvalue weighted by Crippen LogP contribution is 2.22. The second kappa shape index (κ2) is 7.42. The number of pyridine rings is 1. The first-order chi connectivity index (χ1) is 12.8. The Hall–Kier alpha value is -3.10. The largest absolute Gasteiger partial charge is 0.350 e. The molecule has 26 heavy (non-hydrogen) atoms. The summed E-state index contributed by atoms with van der Waals surface area (Å²) in [5, 5.41) is 7.08. The lowest BCUT2D eigenvalue weighted by molar-refractivity contribution is -0.123. The van der Waals surface area contributed by atoms with Gasteiger partial charge in [0.2, 0.25) is 5.91 Å². The van der Waals surface area contributed by atoms with Crippen LogP contribution in [0.4, 0.5) is 0 Å². The zero-order chi connectivity index (χ0) is 17.8. The lowest BCUT2D eigenvalue weighted by Gasteiger charge is -2.12. The van der Waals surface area contributed by atoms with Crippen LogP contribution in [0.5, 0.6) is 0 Å². The molecule has 0 spiro atoms. The van der Waals surface area contributed by atoms with E-state index in [1.54, 1.807) is 17.2 Å². The maximum atomic E-state index is 12.5. The molecule has 0 bridgehead atoms. The molecule has 1 aromatic carbocycles. The van der Waals surface area contributed by atoms with Crippen molar-refractivity contribution in [2.24, 2.45) is 0 Å². The summed E-state index contributed by atoms with van der Waals surface area (Å²) in [6.45, 7) is 0.371. The van der Waals surface area contributed by atoms with Gasteiger partial charge in [-0.15, -0.1) is 0 Å². The van der Waals surface area contributed by atoms with E-state index < -0.39 is 0 Å². The minimum absolute atomic E-state index is 0.0516. The summed E-state index contributed by atoms with van der Waals surface area (Å²) in [5.74, 6) is 0.606. The first-order valence-corrected chi connectivity index (χ1v) is 8.44. The molecule has 1 fully saturated rings. The van der Waals surface area contributed by atoms with Crippen LogP contribution in [-0.4, -0.2) is 31.7 Å². The maximum Gasteiger partial charge on any atom is 0.238 e. The Morgan fingerprint density at radius 3 is 2.88 bits per heavy atom. The van der Waals surface area contributed by atoms with E-state index in [2.05, 4.69) is 43.4 Å². The number of nitrogens with one attached hydrogen (secondary N) is 3. The Morgan fingerprint density at radius 1 is 1.19 bits per heavy atom. The molecule has 0 saturated carbocycles. The van der Waals surface area contributed by atoms with Gasteiger partial charge in [-0.05, 0) is 18.1 Å². The minimum Gasteiger partial charge on any atom is -0.350 e. The lowest BCUT2D eigenvalue weighted by Crippen LogP contribution is -2.43. The summed E-state index contributed by atoms with van der Waals surface area (Å²) >= 11 is 0. The SMILES string of the molecule is O=C(NCc1cccnc1-n1cncn1)C1CC(c2ccccc2)NN1. The van der Waals surface area contributed by atoms with Gasteiger partial charge in [-0.1, -0.05) is 36.4 Å². The van der Waals surface area contributed by atoms with E-state index in [-0.39, 0.29) is 18.0 Å². The first kappa shape index (κ1) is 16.4. The fourth-order valence-electron chi connectivity index (χ4n) is 3.03. The Balaban J connectivity index is 1.38. The molecule has 0 aliphatic carbocycles. The van der Waals surface area contributed by atoms with Gasteiger partial charge in [0.1, 0.15) is 18.7 Å². The van der Waals surface area contributed by atoms with E-state index in [4.69, 9.17) is 0 Å². The zero-order valence-electron chi connectivity index (χ0n) is 14.0. The summed E-state index contributed by atoms with van der Waals surface area (Å²) in [4.78, 5) is 20.8. The van der Waals surface area contributed by atoms with Gasteiger partial charge in [0, 0.05) is 24.3 Å². The molecule has 3 heterocycles. The van der Waals surface area contributed by atoms with E-state index in [9.17, 15) is 4.79 Å². The van der Waals surface area contributed by atoms with Crippen molar-refractivity contribution in [3.63, 3.8) is 0 Å². The Bertz CT molecular complexity index is 866. The van der Waals surface area contributed by atoms with Gasteiger partial charge < -0.3 is 5.32 Å². The Labute approximate surface area is 150 Å². The number of hydrogen-bond donors (Lipinski definition) is 3.